The number of nitrogens with zero attached hydrogens (tertiary/aromatic N) is 3. The molecule has 0 heterocycles. The number of rotatable bonds is 4. The average Bonchev–Trinajstić information content (AvgIpc) is 2.37. The highest BCUT2D eigenvalue weighted by Gasteiger charge is 2.16. The van der Waals surface area contributed by atoms with Crippen molar-refractivity contribution in [2.45, 2.75) is 0 Å². The van der Waals surface area contributed by atoms with Crippen LogP contribution in [0.3, 0.4) is 0 Å². The van der Waals surface area contributed by atoms with E-state index in [1.165, 1.54) is 33.5 Å². The maximum Gasteiger partial charge on any atom is 0.338 e. The molecule has 0 bridgehead atoms. The zero-order valence-electron chi connectivity index (χ0n) is 9.63. The van der Waals surface area contributed by atoms with Crippen molar-refractivity contribution in [2.24, 2.45) is 5.11 Å². The molecule has 0 saturated carbocycles. The van der Waals surface area contributed by atoms with Gasteiger partial charge in [-0.05, 0) is 17.7 Å². The van der Waals surface area contributed by atoms with Gasteiger partial charge in [0.1, 0.15) is 0 Å². The summed E-state index contributed by atoms with van der Waals surface area (Å²) < 4.78 is 14.6. The minimum Gasteiger partial charge on any atom is -0.493 e. The lowest BCUT2D eigenvalue weighted by Gasteiger charge is -2.10. The van der Waals surface area contributed by atoms with Crippen molar-refractivity contribution in [3.63, 3.8) is 0 Å². The van der Waals surface area contributed by atoms with E-state index in [-0.39, 0.29) is 11.3 Å². The van der Waals surface area contributed by atoms with Crippen LogP contribution in [-0.4, -0.2) is 27.3 Å². The third kappa shape index (κ3) is 2.59. The fourth-order valence-corrected chi connectivity index (χ4v) is 1.27. The standard InChI is InChI=1S/C10H11N3O4/c1-15-8-4-6(10(14)17-3)7(12-13-11)5-9(8)16-2/h4-5H,1-3H3. The van der Waals surface area contributed by atoms with Gasteiger partial charge in [0.05, 0.1) is 32.6 Å². The number of carbonyl (C=O) groups is 1. The Morgan fingerprint density at radius 1 is 1.24 bits per heavy atom. The van der Waals surface area contributed by atoms with Crippen LogP contribution in [0.2, 0.25) is 0 Å². The van der Waals surface area contributed by atoms with Crippen molar-refractivity contribution in [1.29, 1.82) is 0 Å². The van der Waals surface area contributed by atoms with E-state index in [0.29, 0.717) is 11.5 Å². The summed E-state index contributed by atoms with van der Waals surface area (Å²) in [6, 6.07) is 2.81. The summed E-state index contributed by atoms with van der Waals surface area (Å²) in [7, 11) is 4.11. The third-order valence-corrected chi connectivity index (χ3v) is 2.06. The predicted molar refractivity (Wildman–Crippen MR) is 59.7 cm³/mol. The van der Waals surface area contributed by atoms with Crippen LogP contribution in [-0.2, 0) is 4.74 Å². The number of methoxy groups -OCH3 is 3. The molecule has 0 spiro atoms. The van der Waals surface area contributed by atoms with E-state index in [9.17, 15) is 4.79 Å². The van der Waals surface area contributed by atoms with Crippen molar-refractivity contribution in [3.8, 4) is 11.5 Å². The number of carbonyl (C=O) groups excluding carboxylic acids is 1. The maximum atomic E-state index is 11.5. The fourth-order valence-electron chi connectivity index (χ4n) is 1.27. The molecule has 0 unspecified atom stereocenters. The first-order chi connectivity index (χ1) is 8.17. The van der Waals surface area contributed by atoms with Crippen LogP contribution in [0, 0.1) is 0 Å². The second-order valence-corrected chi connectivity index (χ2v) is 2.91. The number of ether oxygens (including phenoxy) is 3. The molecule has 1 rings (SSSR count). The largest absolute Gasteiger partial charge is 0.493 e. The van der Waals surface area contributed by atoms with E-state index >= 15 is 0 Å². The highest BCUT2D eigenvalue weighted by molar-refractivity contribution is 5.95. The smallest absolute Gasteiger partial charge is 0.338 e. The van der Waals surface area contributed by atoms with Crippen molar-refractivity contribution in [1.82, 2.24) is 0 Å². The number of azide groups is 1. The molecule has 0 fully saturated rings. The molecule has 0 saturated heterocycles. The summed E-state index contributed by atoms with van der Waals surface area (Å²) in [4.78, 5) is 14.1. The van der Waals surface area contributed by atoms with Crippen molar-refractivity contribution < 1.29 is 19.0 Å². The molecule has 17 heavy (non-hydrogen) atoms. The Labute approximate surface area is 97.5 Å². The first kappa shape index (κ1) is 12.7. The monoisotopic (exact) mass is 237 g/mol. The summed E-state index contributed by atoms with van der Waals surface area (Å²) in [5.41, 5.74) is 8.66. The van der Waals surface area contributed by atoms with Gasteiger partial charge in [-0.1, -0.05) is 5.11 Å². The Morgan fingerprint density at radius 2 is 1.82 bits per heavy atom. The molecule has 0 amide bonds. The fraction of sp³-hybridized carbons (Fsp3) is 0.300. The number of hydrogen-bond donors (Lipinski definition) is 0. The molecule has 7 heteroatoms. The number of hydrogen-bond acceptors (Lipinski definition) is 5. The molecule has 0 atom stereocenters. The zero-order valence-corrected chi connectivity index (χ0v) is 9.63. The first-order valence-corrected chi connectivity index (χ1v) is 4.57. The van der Waals surface area contributed by atoms with E-state index < -0.39 is 5.97 Å². The Balaban J connectivity index is 3.44. The normalized spacial score (nSPS) is 9.12. The summed E-state index contributed by atoms with van der Waals surface area (Å²) in [5.74, 6) is 0.0979. The van der Waals surface area contributed by atoms with Gasteiger partial charge < -0.3 is 14.2 Å². The molecule has 90 valence electrons. The first-order valence-electron chi connectivity index (χ1n) is 4.57. The minimum atomic E-state index is -0.617. The van der Waals surface area contributed by atoms with Crippen LogP contribution in [0.25, 0.3) is 10.4 Å². The van der Waals surface area contributed by atoms with E-state index in [4.69, 9.17) is 15.0 Å². The van der Waals surface area contributed by atoms with Crippen molar-refractivity contribution in [3.05, 3.63) is 28.1 Å². The molecule has 1 aromatic rings. The molecular formula is C10H11N3O4. The van der Waals surface area contributed by atoms with Gasteiger partial charge in [0.25, 0.3) is 0 Å². The van der Waals surface area contributed by atoms with Crippen LogP contribution in [0.15, 0.2) is 17.2 Å². The van der Waals surface area contributed by atoms with Gasteiger partial charge in [0.15, 0.2) is 11.5 Å². The van der Waals surface area contributed by atoms with Gasteiger partial charge in [-0.25, -0.2) is 4.79 Å². The Hall–Kier alpha value is -2.40. The highest BCUT2D eigenvalue weighted by atomic mass is 16.5. The lowest BCUT2D eigenvalue weighted by atomic mass is 10.1. The molecule has 1 aromatic carbocycles. The summed E-state index contributed by atoms with van der Waals surface area (Å²) in [6.07, 6.45) is 0. The SMILES string of the molecule is COC(=O)c1cc(OC)c(OC)cc1N=[N+]=[N-]. The van der Waals surface area contributed by atoms with E-state index in [1.54, 1.807) is 0 Å². The lowest BCUT2D eigenvalue weighted by Crippen LogP contribution is -2.03. The minimum absolute atomic E-state index is 0.114. The van der Waals surface area contributed by atoms with Gasteiger partial charge in [-0.3, -0.25) is 0 Å². The Bertz CT molecular complexity index is 481. The maximum absolute atomic E-state index is 11.5. The summed E-state index contributed by atoms with van der Waals surface area (Å²) >= 11 is 0. The quantitative estimate of drug-likeness (QED) is 0.348. The predicted octanol–water partition coefficient (Wildman–Crippen LogP) is 2.43. The van der Waals surface area contributed by atoms with Crippen molar-refractivity contribution in [2.75, 3.05) is 21.3 Å². The van der Waals surface area contributed by atoms with E-state index in [0.717, 1.165) is 0 Å². The summed E-state index contributed by atoms with van der Waals surface area (Å²) in [5, 5.41) is 3.40. The molecule has 0 aliphatic rings. The Morgan fingerprint density at radius 3 is 2.29 bits per heavy atom. The number of benzene rings is 1. The molecule has 0 aliphatic carbocycles. The molecule has 0 aliphatic heterocycles. The van der Waals surface area contributed by atoms with Gasteiger partial charge in [0, 0.05) is 4.91 Å². The van der Waals surface area contributed by atoms with Gasteiger partial charge in [-0.2, -0.15) is 0 Å². The average molecular weight is 237 g/mol. The highest BCUT2D eigenvalue weighted by Crippen LogP contribution is 2.35. The zero-order chi connectivity index (χ0) is 12.8. The van der Waals surface area contributed by atoms with Crippen LogP contribution in [0.1, 0.15) is 10.4 Å². The van der Waals surface area contributed by atoms with E-state index in [2.05, 4.69) is 14.8 Å². The van der Waals surface area contributed by atoms with Gasteiger partial charge >= 0.3 is 5.97 Å². The third-order valence-electron chi connectivity index (χ3n) is 2.06. The molecule has 0 N–H and O–H groups in total. The summed E-state index contributed by atoms with van der Waals surface area (Å²) in [6.45, 7) is 0. The molecule has 0 aromatic heterocycles. The molecule has 0 radical (unpaired) electrons. The van der Waals surface area contributed by atoms with Crippen LogP contribution in [0.5, 0.6) is 11.5 Å². The second-order valence-electron chi connectivity index (χ2n) is 2.91. The van der Waals surface area contributed by atoms with Crippen LogP contribution in [0.4, 0.5) is 5.69 Å². The Kier molecular flexibility index (Phi) is 4.19. The van der Waals surface area contributed by atoms with Crippen LogP contribution < -0.4 is 9.47 Å². The number of esters is 1. The van der Waals surface area contributed by atoms with Crippen molar-refractivity contribution >= 4 is 11.7 Å². The topological polar surface area (TPSA) is 93.5 Å². The van der Waals surface area contributed by atoms with Crippen LogP contribution >= 0.6 is 0 Å². The lowest BCUT2D eigenvalue weighted by molar-refractivity contribution is 0.0601. The molecule has 7 nitrogen and oxygen atoms in total. The second kappa shape index (κ2) is 5.62. The van der Waals surface area contributed by atoms with Gasteiger partial charge in [-0.15, -0.1) is 0 Å². The molecular weight excluding hydrogens is 226 g/mol. The van der Waals surface area contributed by atoms with E-state index in [1.807, 2.05) is 0 Å². The van der Waals surface area contributed by atoms with Gasteiger partial charge in [0.2, 0.25) is 0 Å².